The van der Waals surface area contributed by atoms with Crippen molar-refractivity contribution in [2.75, 3.05) is 0 Å². The van der Waals surface area contributed by atoms with Crippen LogP contribution in [-0.4, -0.2) is 6.10 Å². The van der Waals surface area contributed by atoms with Crippen molar-refractivity contribution in [3.05, 3.63) is 35.9 Å². The summed E-state index contributed by atoms with van der Waals surface area (Å²) in [6.07, 6.45) is 12.6. The topological polar surface area (TPSA) is 9.23 Å². The highest BCUT2D eigenvalue weighted by molar-refractivity contribution is 5.21. The number of benzene rings is 1. The molecule has 2 rings (SSSR count). The minimum atomic E-state index is 0.214. The lowest BCUT2D eigenvalue weighted by atomic mass is 9.82. The van der Waals surface area contributed by atoms with Gasteiger partial charge >= 0.3 is 0 Å². The Morgan fingerprint density at radius 2 is 1.87 bits per heavy atom. The van der Waals surface area contributed by atoms with Crippen molar-refractivity contribution >= 4 is 0 Å². The molecule has 1 saturated carbocycles. The Morgan fingerprint density at radius 3 is 2.60 bits per heavy atom. The van der Waals surface area contributed by atoms with Crippen LogP contribution in [0.2, 0.25) is 0 Å². The molecule has 0 unspecified atom stereocenters. The van der Waals surface area contributed by atoms with E-state index in [-0.39, 0.29) is 6.10 Å². The molecule has 0 radical (unpaired) electrons. The highest BCUT2D eigenvalue weighted by Crippen LogP contribution is 2.34. The average molecular weight is 200 g/mol. The molecule has 0 amide bonds. The van der Waals surface area contributed by atoms with Crippen LogP contribution in [0.4, 0.5) is 0 Å². The molecule has 1 aromatic rings. The largest absolute Gasteiger partial charge is 0.443 e. The molecule has 1 aromatic carbocycles. The zero-order chi connectivity index (χ0) is 10.5. The lowest BCUT2D eigenvalue weighted by Gasteiger charge is -2.29. The summed E-state index contributed by atoms with van der Waals surface area (Å²) >= 11 is 0. The van der Waals surface area contributed by atoms with Crippen LogP contribution in [0.5, 0.6) is 0 Å². The van der Waals surface area contributed by atoms with E-state index in [1.807, 2.05) is 6.07 Å². The Kier molecular flexibility index (Phi) is 3.29. The van der Waals surface area contributed by atoms with Crippen molar-refractivity contribution in [1.82, 2.24) is 0 Å². The molecule has 0 heterocycles. The SMILES string of the molecule is C#CO[C@@H]1CCCC[C@H]1c1ccccc1. The van der Waals surface area contributed by atoms with Crippen LogP contribution in [0.3, 0.4) is 0 Å². The fraction of sp³-hybridized carbons (Fsp3) is 0.429. The third-order valence-electron chi connectivity index (χ3n) is 3.15. The summed E-state index contributed by atoms with van der Waals surface area (Å²) in [7, 11) is 0. The van der Waals surface area contributed by atoms with E-state index in [4.69, 9.17) is 11.2 Å². The summed E-state index contributed by atoms with van der Waals surface area (Å²) in [6.45, 7) is 0. The van der Waals surface area contributed by atoms with E-state index >= 15 is 0 Å². The Morgan fingerprint density at radius 1 is 1.13 bits per heavy atom. The van der Waals surface area contributed by atoms with Crippen LogP contribution < -0.4 is 0 Å². The molecule has 1 nitrogen and oxygen atoms in total. The van der Waals surface area contributed by atoms with Gasteiger partial charge in [-0.25, -0.2) is 0 Å². The second-order valence-corrected chi connectivity index (χ2v) is 4.08. The van der Waals surface area contributed by atoms with E-state index in [0.717, 1.165) is 6.42 Å². The standard InChI is InChI=1S/C14H16O/c1-2-15-14-11-7-6-10-13(14)12-8-4-3-5-9-12/h1,3-5,8-9,13-14H,6-7,10-11H2/t13-,14+/m0/s1. The van der Waals surface area contributed by atoms with Crippen molar-refractivity contribution in [1.29, 1.82) is 0 Å². The Balaban J connectivity index is 2.15. The molecule has 0 bridgehead atoms. The van der Waals surface area contributed by atoms with Crippen LogP contribution in [0.15, 0.2) is 30.3 Å². The first-order chi connectivity index (χ1) is 7.42. The van der Waals surface area contributed by atoms with Gasteiger partial charge in [-0.3, -0.25) is 0 Å². The minimum absolute atomic E-state index is 0.214. The third kappa shape index (κ3) is 2.33. The summed E-state index contributed by atoms with van der Waals surface area (Å²) in [5.74, 6) is 0.482. The molecule has 0 spiro atoms. The van der Waals surface area contributed by atoms with Gasteiger partial charge in [0.2, 0.25) is 0 Å². The van der Waals surface area contributed by atoms with E-state index in [9.17, 15) is 0 Å². The van der Waals surface area contributed by atoms with Crippen LogP contribution in [-0.2, 0) is 4.74 Å². The van der Waals surface area contributed by atoms with Gasteiger partial charge in [-0.15, -0.1) is 0 Å². The zero-order valence-electron chi connectivity index (χ0n) is 8.86. The van der Waals surface area contributed by atoms with Crippen LogP contribution in [0, 0.1) is 12.5 Å². The number of ether oxygens (including phenoxy) is 1. The van der Waals surface area contributed by atoms with E-state index < -0.39 is 0 Å². The molecular weight excluding hydrogens is 184 g/mol. The first-order valence-corrected chi connectivity index (χ1v) is 5.58. The first kappa shape index (κ1) is 10.1. The fourth-order valence-electron chi connectivity index (χ4n) is 2.41. The lowest BCUT2D eigenvalue weighted by molar-refractivity contribution is 0.102. The quantitative estimate of drug-likeness (QED) is 0.665. The molecule has 15 heavy (non-hydrogen) atoms. The summed E-state index contributed by atoms with van der Waals surface area (Å²) in [5, 5.41) is 0. The minimum Gasteiger partial charge on any atom is -0.443 e. The molecule has 1 fully saturated rings. The number of terminal acetylenes is 1. The average Bonchev–Trinajstić information content (AvgIpc) is 2.31. The Bertz CT molecular complexity index is 336. The maximum absolute atomic E-state index is 5.38. The van der Waals surface area contributed by atoms with E-state index in [1.165, 1.54) is 24.8 Å². The van der Waals surface area contributed by atoms with Gasteiger partial charge in [-0.2, -0.15) is 0 Å². The zero-order valence-corrected chi connectivity index (χ0v) is 8.86. The molecule has 1 aliphatic rings. The molecule has 1 aliphatic carbocycles. The summed E-state index contributed by atoms with van der Waals surface area (Å²) < 4.78 is 5.38. The highest BCUT2D eigenvalue weighted by Gasteiger charge is 2.27. The van der Waals surface area contributed by atoms with Gasteiger partial charge in [0, 0.05) is 5.92 Å². The van der Waals surface area contributed by atoms with Crippen LogP contribution >= 0.6 is 0 Å². The third-order valence-corrected chi connectivity index (χ3v) is 3.15. The van der Waals surface area contributed by atoms with Gasteiger partial charge in [0.1, 0.15) is 12.2 Å². The normalized spacial score (nSPS) is 25.5. The fourth-order valence-corrected chi connectivity index (χ4v) is 2.41. The number of rotatable bonds is 2. The predicted octanol–water partition coefficient (Wildman–Crippen LogP) is 3.32. The summed E-state index contributed by atoms with van der Waals surface area (Å²) in [4.78, 5) is 0. The molecule has 0 aromatic heterocycles. The van der Waals surface area contributed by atoms with E-state index in [0.29, 0.717) is 5.92 Å². The van der Waals surface area contributed by atoms with Crippen molar-refractivity contribution in [3.63, 3.8) is 0 Å². The number of hydrogen-bond donors (Lipinski definition) is 0. The Hall–Kier alpha value is -1.42. The molecule has 1 heteroatoms. The lowest BCUT2D eigenvalue weighted by Crippen LogP contribution is -2.24. The summed E-state index contributed by atoms with van der Waals surface area (Å²) in [6, 6.07) is 10.5. The van der Waals surface area contributed by atoms with Gasteiger partial charge in [0.25, 0.3) is 0 Å². The monoisotopic (exact) mass is 200 g/mol. The van der Waals surface area contributed by atoms with Gasteiger partial charge < -0.3 is 4.74 Å². The molecule has 0 aliphatic heterocycles. The molecule has 78 valence electrons. The van der Waals surface area contributed by atoms with E-state index in [1.54, 1.807) is 0 Å². The van der Waals surface area contributed by atoms with Crippen LogP contribution in [0.1, 0.15) is 37.2 Å². The number of hydrogen-bond acceptors (Lipinski definition) is 1. The first-order valence-electron chi connectivity index (χ1n) is 5.58. The van der Waals surface area contributed by atoms with Crippen molar-refractivity contribution in [3.8, 4) is 12.5 Å². The summed E-state index contributed by atoms with van der Waals surface area (Å²) in [5.41, 5.74) is 1.36. The second-order valence-electron chi connectivity index (χ2n) is 4.08. The van der Waals surface area contributed by atoms with Crippen LogP contribution in [0.25, 0.3) is 0 Å². The van der Waals surface area contributed by atoms with Gasteiger partial charge in [-0.1, -0.05) is 43.2 Å². The maximum atomic E-state index is 5.38. The van der Waals surface area contributed by atoms with Gasteiger partial charge in [-0.05, 0) is 24.8 Å². The molecule has 2 atom stereocenters. The molecular formula is C14H16O. The van der Waals surface area contributed by atoms with Gasteiger partial charge in [0.05, 0.1) is 0 Å². The second kappa shape index (κ2) is 4.89. The maximum Gasteiger partial charge on any atom is 0.117 e. The Labute approximate surface area is 91.5 Å². The van der Waals surface area contributed by atoms with E-state index in [2.05, 4.69) is 30.4 Å². The van der Waals surface area contributed by atoms with Crippen molar-refractivity contribution in [2.45, 2.75) is 37.7 Å². The molecule has 0 N–H and O–H groups in total. The van der Waals surface area contributed by atoms with Crippen molar-refractivity contribution in [2.24, 2.45) is 0 Å². The predicted molar refractivity (Wildman–Crippen MR) is 61.4 cm³/mol. The van der Waals surface area contributed by atoms with Crippen molar-refractivity contribution < 1.29 is 4.74 Å². The smallest absolute Gasteiger partial charge is 0.117 e. The molecule has 0 saturated heterocycles. The highest BCUT2D eigenvalue weighted by atomic mass is 16.5. The van der Waals surface area contributed by atoms with Gasteiger partial charge in [0.15, 0.2) is 0 Å².